The maximum atomic E-state index is 11.6. The first-order valence-electron chi connectivity index (χ1n) is 6.33. The quantitative estimate of drug-likeness (QED) is 0.776. The lowest BCUT2D eigenvalue weighted by Crippen LogP contribution is -2.53. The fourth-order valence-corrected chi connectivity index (χ4v) is 4.38. The fraction of sp³-hybridized carbons (Fsp3) is 0.846. The number of hydrogen-bond acceptors (Lipinski definition) is 2. The monoisotopic (exact) mass is 240 g/mol. The van der Waals surface area contributed by atoms with Gasteiger partial charge in [-0.25, -0.2) is 0 Å². The summed E-state index contributed by atoms with van der Waals surface area (Å²) in [4.78, 5) is 23.0. The Bertz CT molecular complexity index is 347. The molecule has 4 heteroatoms. The molecule has 0 saturated heterocycles. The van der Waals surface area contributed by atoms with Crippen LogP contribution in [0.15, 0.2) is 0 Å². The van der Waals surface area contributed by atoms with Gasteiger partial charge in [0, 0.05) is 0 Å². The van der Waals surface area contributed by atoms with E-state index in [1.165, 1.54) is 0 Å². The van der Waals surface area contributed by atoms with Gasteiger partial charge in [0.05, 0.1) is 11.3 Å². The minimum absolute atomic E-state index is 0.0325. The summed E-state index contributed by atoms with van der Waals surface area (Å²) in [5, 5.41) is 18.9. The van der Waals surface area contributed by atoms with Crippen LogP contribution in [0.2, 0.25) is 0 Å². The van der Waals surface area contributed by atoms with Crippen molar-refractivity contribution in [1.29, 1.82) is 0 Å². The predicted molar refractivity (Wildman–Crippen MR) is 61.5 cm³/mol. The Morgan fingerprint density at radius 1 is 1.12 bits per heavy atom. The maximum absolute atomic E-state index is 11.6. The van der Waals surface area contributed by atoms with Crippen LogP contribution >= 0.6 is 0 Å². The molecule has 2 rings (SSSR count). The fourth-order valence-electron chi connectivity index (χ4n) is 4.38. The van der Waals surface area contributed by atoms with Crippen molar-refractivity contribution in [2.75, 3.05) is 0 Å². The number of fused-ring (bicyclic) bond motifs is 2. The smallest absolute Gasteiger partial charge is 0.310 e. The van der Waals surface area contributed by atoms with Gasteiger partial charge in [-0.15, -0.1) is 0 Å². The van der Waals surface area contributed by atoms with E-state index in [2.05, 4.69) is 0 Å². The van der Waals surface area contributed by atoms with E-state index in [0.717, 1.165) is 12.8 Å². The van der Waals surface area contributed by atoms with Crippen molar-refractivity contribution in [3.05, 3.63) is 0 Å². The molecule has 17 heavy (non-hydrogen) atoms. The zero-order valence-electron chi connectivity index (χ0n) is 10.3. The van der Waals surface area contributed by atoms with Crippen LogP contribution in [-0.2, 0) is 9.59 Å². The van der Waals surface area contributed by atoms with E-state index >= 15 is 0 Å². The summed E-state index contributed by atoms with van der Waals surface area (Å²) in [5.41, 5.74) is -1.02. The molecule has 2 fully saturated rings. The molecule has 2 saturated carbocycles. The lowest BCUT2D eigenvalue weighted by atomic mass is 9.51. The van der Waals surface area contributed by atoms with Crippen LogP contribution in [0.5, 0.6) is 0 Å². The first-order chi connectivity index (χ1) is 7.86. The minimum atomic E-state index is -1.02. The van der Waals surface area contributed by atoms with E-state index in [1.54, 1.807) is 0 Å². The highest BCUT2D eigenvalue weighted by molar-refractivity contribution is 5.84. The van der Waals surface area contributed by atoms with Crippen molar-refractivity contribution in [1.82, 2.24) is 0 Å². The first kappa shape index (κ1) is 12.4. The van der Waals surface area contributed by atoms with Crippen molar-refractivity contribution in [2.24, 2.45) is 29.1 Å². The Morgan fingerprint density at radius 3 is 2.29 bits per heavy atom. The molecular weight excluding hydrogens is 220 g/mol. The molecular formula is C13H20O4. The number of aliphatic carboxylic acids is 2. The summed E-state index contributed by atoms with van der Waals surface area (Å²) in [6.07, 6.45) is 2.97. The van der Waals surface area contributed by atoms with Gasteiger partial charge in [-0.05, 0) is 43.4 Å². The lowest BCUT2D eigenvalue weighted by molar-refractivity contribution is -0.177. The zero-order valence-corrected chi connectivity index (χ0v) is 10.3. The number of rotatable bonds is 2. The Balaban J connectivity index is 2.42. The minimum Gasteiger partial charge on any atom is -0.481 e. The molecule has 0 aliphatic heterocycles. The molecule has 2 aliphatic rings. The molecule has 96 valence electrons. The van der Waals surface area contributed by atoms with E-state index in [-0.39, 0.29) is 5.92 Å². The Hall–Kier alpha value is -1.06. The third-order valence-electron chi connectivity index (χ3n) is 4.66. The van der Waals surface area contributed by atoms with Crippen LogP contribution in [0, 0.1) is 29.1 Å². The average molecular weight is 240 g/mol. The average Bonchev–Trinajstić information content (AvgIpc) is 2.13. The summed E-state index contributed by atoms with van der Waals surface area (Å²) in [7, 11) is 0. The Morgan fingerprint density at radius 2 is 1.76 bits per heavy atom. The molecule has 2 aliphatic carbocycles. The molecule has 0 amide bonds. The van der Waals surface area contributed by atoms with Gasteiger partial charge in [0.15, 0.2) is 0 Å². The van der Waals surface area contributed by atoms with Crippen molar-refractivity contribution >= 4 is 11.9 Å². The Labute approximate surface area is 101 Å². The number of carboxylic acid groups (broad SMARTS) is 2. The zero-order chi connectivity index (χ0) is 12.8. The van der Waals surface area contributed by atoms with E-state index in [1.807, 2.05) is 13.8 Å². The summed E-state index contributed by atoms with van der Waals surface area (Å²) < 4.78 is 0. The largest absolute Gasteiger partial charge is 0.481 e. The van der Waals surface area contributed by atoms with Crippen LogP contribution in [0.3, 0.4) is 0 Å². The van der Waals surface area contributed by atoms with Crippen molar-refractivity contribution in [3.63, 3.8) is 0 Å². The van der Waals surface area contributed by atoms with Crippen molar-refractivity contribution in [3.8, 4) is 0 Å². The number of hydrogen-bond donors (Lipinski definition) is 2. The van der Waals surface area contributed by atoms with E-state index in [4.69, 9.17) is 0 Å². The highest BCUT2D eigenvalue weighted by Gasteiger charge is 2.58. The van der Waals surface area contributed by atoms with Gasteiger partial charge in [-0.3, -0.25) is 9.59 Å². The second-order valence-electron chi connectivity index (χ2n) is 6.11. The van der Waals surface area contributed by atoms with E-state index in [0.29, 0.717) is 24.7 Å². The SMILES string of the molecule is CC1CC2CC(C)C(C(=O)O)C(C(=O)O)(C1)C2. The molecule has 0 heterocycles. The molecule has 0 aromatic carbocycles. The van der Waals surface area contributed by atoms with E-state index in [9.17, 15) is 19.8 Å². The number of carbonyl (C=O) groups is 2. The second-order valence-corrected chi connectivity index (χ2v) is 6.11. The molecule has 0 aromatic heterocycles. The molecule has 0 spiro atoms. The maximum Gasteiger partial charge on any atom is 0.310 e. The second kappa shape index (κ2) is 4.00. The van der Waals surface area contributed by atoms with Crippen molar-refractivity contribution in [2.45, 2.75) is 39.5 Å². The molecule has 2 bridgehead atoms. The summed E-state index contributed by atoms with van der Waals surface area (Å²) in [5.74, 6) is -1.89. The van der Waals surface area contributed by atoms with Crippen LogP contribution in [0.1, 0.15) is 39.5 Å². The molecule has 0 aromatic rings. The lowest BCUT2D eigenvalue weighted by Gasteiger charge is -2.50. The predicted octanol–water partition coefficient (Wildman–Crippen LogP) is 2.23. The van der Waals surface area contributed by atoms with Gasteiger partial charge in [0.2, 0.25) is 0 Å². The highest BCUT2D eigenvalue weighted by Crippen LogP contribution is 2.56. The van der Waals surface area contributed by atoms with Gasteiger partial charge >= 0.3 is 11.9 Å². The third-order valence-corrected chi connectivity index (χ3v) is 4.66. The number of carboxylic acids is 2. The molecule has 2 N–H and O–H groups in total. The van der Waals surface area contributed by atoms with Gasteiger partial charge < -0.3 is 10.2 Å². The summed E-state index contributed by atoms with van der Waals surface area (Å²) in [6, 6.07) is 0. The normalized spacial score (nSPS) is 45.3. The molecule has 5 atom stereocenters. The molecule has 4 nitrogen and oxygen atoms in total. The standard InChI is InChI=1S/C13H20O4/c1-7-3-9-4-8(2)10(11(14)15)13(5-7,6-9)12(16)17/h7-10H,3-6H2,1-2H3,(H,14,15)(H,16,17). The summed E-state index contributed by atoms with van der Waals surface area (Å²) >= 11 is 0. The van der Waals surface area contributed by atoms with Crippen LogP contribution < -0.4 is 0 Å². The van der Waals surface area contributed by atoms with Crippen LogP contribution in [-0.4, -0.2) is 22.2 Å². The highest BCUT2D eigenvalue weighted by atomic mass is 16.4. The molecule has 0 radical (unpaired) electrons. The first-order valence-corrected chi connectivity index (χ1v) is 6.33. The topological polar surface area (TPSA) is 74.6 Å². The van der Waals surface area contributed by atoms with E-state index < -0.39 is 23.3 Å². The van der Waals surface area contributed by atoms with Crippen LogP contribution in [0.25, 0.3) is 0 Å². The summed E-state index contributed by atoms with van der Waals surface area (Å²) in [6.45, 7) is 3.93. The van der Waals surface area contributed by atoms with Crippen molar-refractivity contribution < 1.29 is 19.8 Å². The van der Waals surface area contributed by atoms with Gasteiger partial charge in [-0.2, -0.15) is 0 Å². The van der Waals surface area contributed by atoms with Gasteiger partial charge in [0.1, 0.15) is 0 Å². The Kier molecular flexibility index (Phi) is 2.92. The molecule has 5 unspecified atom stereocenters. The van der Waals surface area contributed by atoms with Gasteiger partial charge in [0.25, 0.3) is 0 Å². The third kappa shape index (κ3) is 1.83. The van der Waals surface area contributed by atoms with Crippen LogP contribution in [0.4, 0.5) is 0 Å². The van der Waals surface area contributed by atoms with Gasteiger partial charge in [-0.1, -0.05) is 13.8 Å².